The Morgan fingerprint density at radius 1 is 0.947 bits per heavy atom. The Morgan fingerprint density at radius 2 is 1.47 bits per heavy atom. The molecule has 0 aromatic carbocycles. The summed E-state index contributed by atoms with van der Waals surface area (Å²) in [4.78, 5) is 2.25. The van der Waals surface area contributed by atoms with Crippen molar-refractivity contribution in [3.63, 3.8) is 0 Å². The normalized spacial score (nSPS) is 23.1. The third kappa shape index (κ3) is 12.6. The van der Waals surface area contributed by atoms with Crippen molar-refractivity contribution in [3.05, 3.63) is 0 Å². The van der Waals surface area contributed by atoms with Gasteiger partial charge in [-0.05, 0) is 59.9 Å². The fourth-order valence-electron chi connectivity index (χ4n) is 2.27. The lowest BCUT2D eigenvalue weighted by atomic mass is 9.92. The van der Waals surface area contributed by atoms with Gasteiger partial charge in [0.25, 0.3) is 0 Å². The Bertz CT molecular complexity index is 175. The highest BCUT2D eigenvalue weighted by Crippen LogP contribution is 2.14. The summed E-state index contributed by atoms with van der Waals surface area (Å²) >= 11 is 0. The lowest BCUT2D eigenvalue weighted by Gasteiger charge is -2.24. The number of nitrogens with one attached hydrogen (secondary N) is 1. The molecule has 0 aliphatic heterocycles. The number of hydrogen-bond acceptors (Lipinski definition) is 4. The summed E-state index contributed by atoms with van der Waals surface area (Å²) in [5, 5.41) is 3.16. The van der Waals surface area contributed by atoms with Gasteiger partial charge in [0.1, 0.15) is 0 Å². The molecule has 1 rings (SSSR count). The molecule has 2 atom stereocenters. The zero-order valence-electron chi connectivity index (χ0n) is 13.3. The van der Waals surface area contributed by atoms with Crippen molar-refractivity contribution < 1.29 is 0 Å². The first kappa shape index (κ1) is 18.8. The largest absolute Gasteiger partial charge is 0.326 e. The van der Waals surface area contributed by atoms with Crippen molar-refractivity contribution in [1.29, 1.82) is 0 Å². The van der Waals surface area contributed by atoms with Crippen LogP contribution in [-0.4, -0.2) is 51.2 Å². The van der Waals surface area contributed by atoms with Crippen molar-refractivity contribution in [2.24, 2.45) is 11.5 Å². The van der Waals surface area contributed by atoms with Crippen LogP contribution in [0.3, 0.4) is 0 Å². The van der Waals surface area contributed by atoms with Gasteiger partial charge in [-0.25, -0.2) is 0 Å². The molecule has 0 aromatic heterocycles. The fraction of sp³-hybridized carbons (Fsp3) is 1.00. The lowest BCUT2D eigenvalue weighted by Crippen LogP contribution is -2.43. The highest BCUT2D eigenvalue weighted by molar-refractivity contribution is 4.79. The highest BCUT2D eigenvalue weighted by Gasteiger charge is 2.16. The summed E-state index contributed by atoms with van der Waals surface area (Å²) in [7, 11) is 6.28. The van der Waals surface area contributed by atoms with Crippen LogP contribution in [0.2, 0.25) is 0 Å². The van der Waals surface area contributed by atoms with E-state index in [1.54, 1.807) is 0 Å². The van der Waals surface area contributed by atoms with Crippen LogP contribution in [0, 0.1) is 0 Å². The molecular formula is C15H36N4. The summed E-state index contributed by atoms with van der Waals surface area (Å²) in [6, 6.07) is 0.562. The van der Waals surface area contributed by atoms with Gasteiger partial charge in [-0.1, -0.05) is 25.7 Å². The molecule has 4 heteroatoms. The molecule has 0 amide bonds. The molecule has 1 aliphatic carbocycles. The molecule has 0 spiro atoms. The Morgan fingerprint density at radius 3 is 1.89 bits per heavy atom. The van der Waals surface area contributed by atoms with Crippen LogP contribution in [0.5, 0.6) is 0 Å². The first-order valence-corrected chi connectivity index (χ1v) is 7.88. The van der Waals surface area contributed by atoms with Gasteiger partial charge in [0, 0.05) is 12.1 Å². The Balaban J connectivity index is 0.000000356. The van der Waals surface area contributed by atoms with Gasteiger partial charge in [-0.3, -0.25) is 0 Å². The van der Waals surface area contributed by atoms with E-state index in [0.717, 1.165) is 12.8 Å². The number of unbranched alkanes of at least 4 members (excludes halogenated alkanes) is 3. The van der Waals surface area contributed by atoms with Crippen LogP contribution in [0.4, 0.5) is 0 Å². The summed E-state index contributed by atoms with van der Waals surface area (Å²) in [6.45, 7) is 2.40. The molecule has 5 N–H and O–H groups in total. The number of nitrogens with zero attached hydrogens (tertiary/aromatic N) is 1. The quantitative estimate of drug-likeness (QED) is 0.615. The SMILES string of the molecule is CNCCCCCCN(C)C.NC1CCCCC1N. The topological polar surface area (TPSA) is 67.3 Å². The minimum atomic E-state index is 0.281. The third-order valence-electron chi connectivity index (χ3n) is 3.66. The average Bonchev–Trinajstić information content (AvgIpc) is 2.38. The van der Waals surface area contributed by atoms with Gasteiger partial charge in [-0.15, -0.1) is 0 Å². The van der Waals surface area contributed by atoms with E-state index in [4.69, 9.17) is 11.5 Å². The molecule has 4 nitrogen and oxygen atoms in total. The van der Waals surface area contributed by atoms with E-state index >= 15 is 0 Å². The molecule has 0 saturated heterocycles. The van der Waals surface area contributed by atoms with Gasteiger partial charge in [0.05, 0.1) is 0 Å². The van der Waals surface area contributed by atoms with Gasteiger partial charge in [-0.2, -0.15) is 0 Å². The van der Waals surface area contributed by atoms with E-state index in [1.165, 1.54) is 51.6 Å². The average molecular weight is 272 g/mol. The summed E-state index contributed by atoms with van der Waals surface area (Å²) in [5.74, 6) is 0. The number of nitrogens with two attached hydrogens (primary N) is 2. The van der Waals surface area contributed by atoms with Crippen molar-refractivity contribution in [2.45, 2.75) is 63.5 Å². The molecule has 19 heavy (non-hydrogen) atoms. The second kappa shape index (κ2) is 12.9. The van der Waals surface area contributed by atoms with Crippen molar-refractivity contribution in [1.82, 2.24) is 10.2 Å². The molecule has 0 heterocycles. The molecule has 0 bridgehead atoms. The summed E-state index contributed by atoms with van der Waals surface area (Å²) < 4.78 is 0. The lowest BCUT2D eigenvalue weighted by molar-refractivity contribution is 0.385. The minimum Gasteiger partial charge on any atom is -0.326 e. The van der Waals surface area contributed by atoms with E-state index in [1.807, 2.05) is 7.05 Å². The van der Waals surface area contributed by atoms with Gasteiger partial charge in [0.15, 0.2) is 0 Å². The van der Waals surface area contributed by atoms with Crippen LogP contribution < -0.4 is 16.8 Å². The Labute approximate surface area is 120 Å². The zero-order chi connectivity index (χ0) is 14.5. The maximum Gasteiger partial charge on any atom is 0.0192 e. The van der Waals surface area contributed by atoms with E-state index in [-0.39, 0.29) is 12.1 Å². The van der Waals surface area contributed by atoms with Gasteiger partial charge >= 0.3 is 0 Å². The second-order valence-corrected chi connectivity index (χ2v) is 5.93. The first-order valence-electron chi connectivity index (χ1n) is 7.88. The smallest absolute Gasteiger partial charge is 0.0192 e. The fourth-order valence-corrected chi connectivity index (χ4v) is 2.27. The Kier molecular flexibility index (Phi) is 12.7. The second-order valence-electron chi connectivity index (χ2n) is 5.93. The van der Waals surface area contributed by atoms with Gasteiger partial charge in [0.2, 0.25) is 0 Å². The van der Waals surface area contributed by atoms with E-state index in [2.05, 4.69) is 24.3 Å². The zero-order valence-corrected chi connectivity index (χ0v) is 13.3. The molecular weight excluding hydrogens is 236 g/mol. The number of hydrogen-bond donors (Lipinski definition) is 3. The predicted molar refractivity (Wildman–Crippen MR) is 85.4 cm³/mol. The number of rotatable bonds is 7. The van der Waals surface area contributed by atoms with Crippen LogP contribution in [0.15, 0.2) is 0 Å². The van der Waals surface area contributed by atoms with Crippen LogP contribution in [0.25, 0.3) is 0 Å². The summed E-state index contributed by atoms with van der Waals surface area (Å²) in [6.07, 6.45) is 10.2. The molecule has 1 aliphatic rings. The van der Waals surface area contributed by atoms with Crippen LogP contribution in [-0.2, 0) is 0 Å². The standard InChI is InChI=1S/C9H22N2.C6H14N2/c1-10-8-6-4-5-7-9-11(2)3;7-5-3-1-2-4-6(5)8/h10H,4-9H2,1-3H3;5-6H,1-4,7-8H2. The maximum absolute atomic E-state index is 5.65. The van der Waals surface area contributed by atoms with E-state index in [9.17, 15) is 0 Å². The van der Waals surface area contributed by atoms with Crippen LogP contribution >= 0.6 is 0 Å². The van der Waals surface area contributed by atoms with Crippen molar-refractivity contribution >= 4 is 0 Å². The molecule has 1 saturated carbocycles. The maximum atomic E-state index is 5.65. The van der Waals surface area contributed by atoms with Crippen molar-refractivity contribution in [2.75, 3.05) is 34.2 Å². The van der Waals surface area contributed by atoms with Crippen molar-refractivity contribution in [3.8, 4) is 0 Å². The Hall–Kier alpha value is -0.160. The van der Waals surface area contributed by atoms with Crippen LogP contribution in [0.1, 0.15) is 51.4 Å². The molecule has 0 radical (unpaired) electrons. The first-order chi connectivity index (χ1) is 9.07. The van der Waals surface area contributed by atoms with E-state index < -0.39 is 0 Å². The third-order valence-corrected chi connectivity index (χ3v) is 3.66. The van der Waals surface area contributed by atoms with E-state index in [0.29, 0.717) is 0 Å². The predicted octanol–water partition coefficient (Wildman–Crippen LogP) is 1.54. The molecule has 2 unspecified atom stereocenters. The minimum absolute atomic E-state index is 0.281. The monoisotopic (exact) mass is 272 g/mol. The van der Waals surface area contributed by atoms with Gasteiger partial charge < -0.3 is 21.7 Å². The summed E-state index contributed by atoms with van der Waals surface area (Å²) in [5.41, 5.74) is 11.3. The molecule has 1 fully saturated rings. The molecule has 116 valence electrons. The highest BCUT2D eigenvalue weighted by atomic mass is 15.0. The molecule has 0 aromatic rings.